The van der Waals surface area contributed by atoms with Crippen LogP contribution in [0.3, 0.4) is 0 Å². The molecule has 0 aliphatic rings. The lowest BCUT2D eigenvalue weighted by atomic mass is 10.3. The van der Waals surface area contributed by atoms with Crippen LogP contribution in [0, 0.1) is 0 Å². The summed E-state index contributed by atoms with van der Waals surface area (Å²) in [7, 11) is 1.08. The normalized spacial score (nSPS) is 12.9. The number of hydrogen-bond acceptors (Lipinski definition) is 4. The Morgan fingerprint density at radius 2 is 1.93 bits per heavy atom. The topological polar surface area (TPSA) is 64.6 Å². The van der Waals surface area contributed by atoms with E-state index in [0.29, 0.717) is 0 Å². The first-order chi connectivity index (χ1) is 6.76. The van der Waals surface area contributed by atoms with E-state index in [1.54, 1.807) is 0 Å². The maximum absolute atomic E-state index is 11.6. The molecule has 0 rings (SSSR count). The van der Waals surface area contributed by atoms with Gasteiger partial charge >= 0.3 is 18.2 Å². The summed E-state index contributed by atoms with van der Waals surface area (Å²) in [6.07, 6.45) is -5.92. The molecular formula is C7H10F3NO4. The van der Waals surface area contributed by atoms with Gasteiger partial charge in [0.25, 0.3) is 0 Å². The third-order valence-electron chi connectivity index (χ3n) is 1.26. The van der Waals surface area contributed by atoms with Crippen LogP contribution in [-0.4, -0.2) is 38.0 Å². The summed E-state index contributed by atoms with van der Waals surface area (Å²) >= 11 is 0. The van der Waals surface area contributed by atoms with Crippen molar-refractivity contribution in [3.8, 4) is 0 Å². The summed E-state index contributed by atoms with van der Waals surface area (Å²) in [6.45, 7) is -0.451. The van der Waals surface area contributed by atoms with E-state index < -0.39 is 30.9 Å². The molecule has 88 valence electrons. The van der Waals surface area contributed by atoms with Crippen molar-refractivity contribution in [2.75, 3.05) is 13.7 Å². The molecule has 0 spiro atoms. The van der Waals surface area contributed by atoms with E-state index in [2.05, 4.69) is 9.47 Å². The minimum absolute atomic E-state index is 0.779. The summed E-state index contributed by atoms with van der Waals surface area (Å²) in [5, 5.41) is 1.87. The van der Waals surface area contributed by atoms with Gasteiger partial charge in [0, 0.05) is 0 Å². The fourth-order valence-electron chi connectivity index (χ4n) is 0.602. The van der Waals surface area contributed by atoms with Crippen LogP contribution in [0.1, 0.15) is 6.92 Å². The molecule has 15 heavy (non-hydrogen) atoms. The van der Waals surface area contributed by atoms with Crippen LogP contribution in [0.25, 0.3) is 0 Å². The number of ether oxygens (including phenoxy) is 2. The summed E-state index contributed by atoms with van der Waals surface area (Å²) < 4.78 is 42.8. The molecule has 5 nitrogen and oxygen atoms in total. The third kappa shape index (κ3) is 6.58. The van der Waals surface area contributed by atoms with E-state index in [1.807, 2.05) is 5.32 Å². The predicted molar refractivity (Wildman–Crippen MR) is 42.0 cm³/mol. The van der Waals surface area contributed by atoms with Gasteiger partial charge in [0.1, 0.15) is 6.04 Å². The van der Waals surface area contributed by atoms with E-state index in [0.717, 1.165) is 7.11 Å². The standard InChI is InChI=1S/C7H10F3NO4/c1-4(5(12)14-2)11-6(13)15-3-7(8,9)10/h4H,3H2,1-2H3,(H,11,13)/t4-/m0/s1. The number of alkyl carbamates (subject to hydrolysis) is 1. The van der Waals surface area contributed by atoms with Gasteiger partial charge in [0.05, 0.1) is 7.11 Å². The van der Waals surface area contributed by atoms with Gasteiger partial charge in [-0.25, -0.2) is 9.59 Å². The second-order valence-corrected chi connectivity index (χ2v) is 2.58. The monoisotopic (exact) mass is 229 g/mol. The molecule has 0 radical (unpaired) electrons. The number of esters is 1. The van der Waals surface area contributed by atoms with E-state index in [4.69, 9.17) is 0 Å². The minimum Gasteiger partial charge on any atom is -0.467 e. The predicted octanol–water partition coefficient (Wildman–Crippen LogP) is 0.836. The molecule has 0 heterocycles. The number of carbonyl (C=O) groups excluding carboxylic acids is 2. The molecule has 0 aromatic carbocycles. The van der Waals surface area contributed by atoms with E-state index in [-0.39, 0.29) is 0 Å². The summed E-state index contributed by atoms with van der Waals surface area (Å²) in [4.78, 5) is 21.4. The highest BCUT2D eigenvalue weighted by atomic mass is 19.4. The lowest BCUT2D eigenvalue weighted by Gasteiger charge is -2.12. The Morgan fingerprint density at radius 3 is 2.33 bits per heavy atom. The molecular weight excluding hydrogens is 219 g/mol. The number of nitrogens with one attached hydrogen (secondary N) is 1. The molecule has 1 N–H and O–H groups in total. The van der Waals surface area contributed by atoms with Crippen molar-refractivity contribution < 1.29 is 32.2 Å². The zero-order valence-corrected chi connectivity index (χ0v) is 8.05. The molecule has 0 aromatic rings. The highest BCUT2D eigenvalue weighted by Gasteiger charge is 2.30. The maximum Gasteiger partial charge on any atom is 0.422 e. The fraction of sp³-hybridized carbons (Fsp3) is 0.714. The second kappa shape index (κ2) is 5.42. The molecule has 0 aromatic heterocycles. The van der Waals surface area contributed by atoms with Crippen LogP contribution in [0.15, 0.2) is 0 Å². The van der Waals surface area contributed by atoms with Gasteiger partial charge in [-0.2, -0.15) is 13.2 Å². The van der Waals surface area contributed by atoms with Gasteiger partial charge in [0.2, 0.25) is 0 Å². The Morgan fingerprint density at radius 1 is 1.40 bits per heavy atom. The van der Waals surface area contributed by atoms with Crippen LogP contribution in [-0.2, 0) is 14.3 Å². The number of hydrogen-bond donors (Lipinski definition) is 1. The minimum atomic E-state index is -4.59. The SMILES string of the molecule is COC(=O)[C@H](C)NC(=O)OCC(F)(F)F. The molecule has 0 aliphatic heterocycles. The van der Waals surface area contributed by atoms with Crippen LogP contribution in [0.2, 0.25) is 0 Å². The number of alkyl halides is 3. The van der Waals surface area contributed by atoms with Crippen LogP contribution >= 0.6 is 0 Å². The Bertz CT molecular complexity index is 241. The van der Waals surface area contributed by atoms with Crippen molar-refractivity contribution >= 4 is 12.1 Å². The van der Waals surface area contributed by atoms with Crippen molar-refractivity contribution in [1.82, 2.24) is 5.32 Å². The third-order valence-corrected chi connectivity index (χ3v) is 1.26. The van der Waals surface area contributed by atoms with E-state index in [1.165, 1.54) is 6.92 Å². The Hall–Kier alpha value is -1.47. The molecule has 1 amide bonds. The van der Waals surface area contributed by atoms with Gasteiger partial charge in [0.15, 0.2) is 6.61 Å². The highest BCUT2D eigenvalue weighted by Crippen LogP contribution is 2.14. The molecule has 8 heteroatoms. The summed E-state index contributed by atoms with van der Waals surface area (Å²) in [6, 6.07) is -1.06. The molecule has 0 fully saturated rings. The smallest absolute Gasteiger partial charge is 0.422 e. The van der Waals surface area contributed by atoms with Crippen LogP contribution in [0.4, 0.5) is 18.0 Å². The maximum atomic E-state index is 11.6. The molecule has 0 saturated carbocycles. The first kappa shape index (κ1) is 13.5. The van der Waals surface area contributed by atoms with Crippen molar-refractivity contribution in [3.05, 3.63) is 0 Å². The summed E-state index contributed by atoms with van der Waals surface area (Å²) in [5.41, 5.74) is 0. The molecule has 1 atom stereocenters. The Balaban J connectivity index is 3.89. The number of carbonyl (C=O) groups is 2. The van der Waals surface area contributed by atoms with Gasteiger partial charge in [-0.05, 0) is 6.92 Å². The number of methoxy groups -OCH3 is 1. The zero-order chi connectivity index (χ0) is 12.1. The quantitative estimate of drug-likeness (QED) is 0.728. The molecule has 0 saturated heterocycles. The fourth-order valence-corrected chi connectivity index (χ4v) is 0.602. The lowest BCUT2D eigenvalue weighted by molar-refractivity contribution is -0.160. The van der Waals surface area contributed by atoms with Crippen molar-refractivity contribution in [1.29, 1.82) is 0 Å². The van der Waals surface area contributed by atoms with Gasteiger partial charge in [-0.3, -0.25) is 0 Å². The van der Waals surface area contributed by atoms with Gasteiger partial charge < -0.3 is 14.8 Å². The molecule has 0 aliphatic carbocycles. The second-order valence-electron chi connectivity index (χ2n) is 2.58. The Labute approximate surface area is 83.5 Å². The number of amides is 1. The van der Waals surface area contributed by atoms with E-state index >= 15 is 0 Å². The van der Waals surface area contributed by atoms with Gasteiger partial charge in [-0.15, -0.1) is 0 Å². The molecule has 0 unspecified atom stereocenters. The largest absolute Gasteiger partial charge is 0.467 e. The Kier molecular flexibility index (Phi) is 4.89. The van der Waals surface area contributed by atoms with Crippen molar-refractivity contribution in [3.63, 3.8) is 0 Å². The highest BCUT2D eigenvalue weighted by molar-refractivity contribution is 5.80. The van der Waals surface area contributed by atoms with Crippen molar-refractivity contribution in [2.24, 2.45) is 0 Å². The van der Waals surface area contributed by atoms with Crippen molar-refractivity contribution in [2.45, 2.75) is 19.1 Å². The summed E-state index contributed by atoms with van der Waals surface area (Å²) in [5.74, 6) is -0.779. The molecule has 0 bridgehead atoms. The first-order valence-electron chi connectivity index (χ1n) is 3.84. The number of rotatable bonds is 3. The van der Waals surface area contributed by atoms with E-state index in [9.17, 15) is 22.8 Å². The first-order valence-corrected chi connectivity index (χ1v) is 3.84. The number of halogens is 3. The zero-order valence-electron chi connectivity index (χ0n) is 8.05. The lowest BCUT2D eigenvalue weighted by Crippen LogP contribution is -2.40. The average molecular weight is 229 g/mol. The van der Waals surface area contributed by atoms with Crippen LogP contribution in [0.5, 0.6) is 0 Å². The van der Waals surface area contributed by atoms with Crippen LogP contribution < -0.4 is 5.32 Å². The average Bonchev–Trinajstić information content (AvgIpc) is 2.12. The van der Waals surface area contributed by atoms with Gasteiger partial charge in [-0.1, -0.05) is 0 Å².